The van der Waals surface area contributed by atoms with E-state index in [1.54, 1.807) is 24.3 Å². The second-order valence-corrected chi connectivity index (χ2v) is 9.19. The van der Waals surface area contributed by atoms with Gasteiger partial charge in [-0.05, 0) is 35.9 Å². The van der Waals surface area contributed by atoms with Crippen molar-refractivity contribution in [1.82, 2.24) is 9.78 Å². The SMILES string of the molecule is O=C(Nc1ccc(Cl)c(Cl)c1)c1nn2c(c1Cl)N[C@H](c1ccc(Br)cc1)C[C@@H]2C(F)(F)F. The minimum absolute atomic E-state index is 0.0764. The minimum Gasteiger partial charge on any atom is -0.362 e. The standard InChI is InChI=1S/C20H13BrCl3F3N4O/c21-10-3-1-9(2-4-10)14-8-15(20(25,26)27)31-18(29-14)16(24)17(30-31)19(32)28-11-5-6-12(22)13(23)7-11/h1-7,14-15,29H,8H2,(H,28,32)/t14-,15+/m0/s1. The lowest BCUT2D eigenvalue weighted by Crippen LogP contribution is -2.35. The van der Waals surface area contributed by atoms with Crippen LogP contribution >= 0.6 is 50.7 Å². The molecule has 0 fully saturated rings. The third kappa shape index (κ3) is 4.57. The number of hydrogen-bond acceptors (Lipinski definition) is 3. The molecule has 0 saturated heterocycles. The summed E-state index contributed by atoms with van der Waals surface area (Å²) in [6.07, 6.45) is -4.92. The predicted molar refractivity (Wildman–Crippen MR) is 122 cm³/mol. The van der Waals surface area contributed by atoms with Crippen LogP contribution in [0.25, 0.3) is 0 Å². The van der Waals surface area contributed by atoms with Crippen LogP contribution in [0.3, 0.4) is 0 Å². The van der Waals surface area contributed by atoms with E-state index < -0.39 is 24.2 Å². The van der Waals surface area contributed by atoms with Crippen LogP contribution in [-0.4, -0.2) is 21.9 Å². The Balaban J connectivity index is 1.69. The highest BCUT2D eigenvalue weighted by Crippen LogP contribution is 2.46. The van der Waals surface area contributed by atoms with Crippen molar-refractivity contribution < 1.29 is 18.0 Å². The second kappa shape index (κ2) is 8.78. The quantitative estimate of drug-likeness (QED) is 0.344. The Kier molecular flexibility index (Phi) is 6.37. The number of aromatic nitrogens is 2. The maximum atomic E-state index is 13.9. The zero-order valence-electron chi connectivity index (χ0n) is 15.9. The molecule has 0 saturated carbocycles. The molecule has 168 valence electrons. The first-order chi connectivity index (χ1) is 15.0. The number of carbonyl (C=O) groups is 1. The minimum atomic E-state index is -4.60. The summed E-state index contributed by atoms with van der Waals surface area (Å²) in [5.41, 5.74) is 0.596. The average molecular weight is 569 g/mol. The van der Waals surface area contributed by atoms with E-state index in [1.807, 2.05) is 0 Å². The molecule has 0 unspecified atom stereocenters. The number of nitrogens with zero attached hydrogens (tertiary/aromatic N) is 2. The van der Waals surface area contributed by atoms with Crippen molar-refractivity contribution in [2.75, 3.05) is 10.6 Å². The summed E-state index contributed by atoms with van der Waals surface area (Å²) < 4.78 is 43.2. The van der Waals surface area contributed by atoms with Gasteiger partial charge in [-0.25, -0.2) is 4.68 Å². The third-order valence-electron chi connectivity index (χ3n) is 4.96. The molecule has 0 bridgehead atoms. The van der Waals surface area contributed by atoms with Gasteiger partial charge in [-0.3, -0.25) is 4.79 Å². The zero-order chi connectivity index (χ0) is 23.2. The van der Waals surface area contributed by atoms with E-state index >= 15 is 0 Å². The first-order valence-corrected chi connectivity index (χ1v) is 11.1. The molecule has 2 N–H and O–H groups in total. The van der Waals surface area contributed by atoms with Crippen molar-refractivity contribution in [3.8, 4) is 0 Å². The molecule has 1 amide bonds. The van der Waals surface area contributed by atoms with E-state index in [2.05, 4.69) is 31.7 Å². The number of carbonyl (C=O) groups excluding carboxylic acids is 1. The van der Waals surface area contributed by atoms with Gasteiger partial charge in [0.05, 0.1) is 16.1 Å². The molecule has 32 heavy (non-hydrogen) atoms. The molecular weight excluding hydrogens is 556 g/mol. The van der Waals surface area contributed by atoms with Crippen molar-refractivity contribution >= 4 is 68.1 Å². The summed E-state index contributed by atoms with van der Waals surface area (Å²) in [4.78, 5) is 12.7. The molecular formula is C20H13BrCl3F3N4O. The van der Waals surface area contributed by atoms with Crippen molar-refractivity contribution in [2.24, 2.45) is 0 Å². The van der Waals surface area contributed by atoms with Crippen LogP contribution < -0.4 is 10.6 Å². The number of alkyl halides is 3. The van der Waals surface area contributed by atoms with Gasteiger partial charge in [0.1, 0.15) is 10.8 Å². The number of amides is 1. The molecule has 0 aliphatic carbocycles. The molecule has 12 heteroatoms. The fourth-order valence-electron chi connectivity index (χ4n) is 3.41. The van der Waals surface area contributed by atoms with E-state index in [-0.39, 0.29) is 33.0 Å². The van der Waals surface area contributed by atoms with Crippen LogP contribution in [0.5, 0.6) is 0 Å². The van der Waals surface area contributed by atoms with Gasteiger partial charge in [-0.15, -0.1) is 0 Å². The van der Waals surface area contributed by atoms with E-state index in [1.165, 1.54) is 18.2 Å². The van der Waals surface area contributed by atoms with Crippen molar-refractivity contribution in [1.29, 1.82) is 0 Å². The van der Waals surface area contributed by atoms with E-state index in [0.29, 0.717) is 11.3 Å². The molecule has 1 aliphatic heterocycles. The Hall–Kier alpha value is -1.94. The molecule has 3 aromatic rings. The van der Waals surface area contributed by atoms with E-state index in [4.69, 9.17) is 34.8 Å². The maximum Gasteiger partial charge on any atom is 0.410 e. The molecule has 2 aromatic carbocycles. The molecule has 0 radical (unpaired) electrons. The van der Waals surface area contributed by atoms with Crippen molar-refractivity contribution in [3.05, 3.63) is 73.3 Å². The topological polar surface area (TPSA) is 59.0 Å². The van der Waals surface area contributed by atoms with Crippen LogP contribution in [0.2, 0.25) is 15.1 Å². The Labute approximate surface area is 204 Å². The summed E-state index contributed by atoms with van der Waals surface area (Å²) in [6.45, 7) is 0. The smallest absolute Gasteiger partial charge is 0.362 e. The van der Waals surface area contributed by atoms with Gasteiger partial charge in [0, 0.05) is 16.6 Å². The Morgan fingerprint density at radius 1 is 1.12 bits per heavy atom. The molecule has 2 heterocycles. The zero-order valence-corrected chi connectivity index (χ0v) is 19.7. The van der Waals surface area contributed by atoms with Gasteiger partial charge in [-0.2, -0.15) is 18.3 Å². The summed E-state index contributed by atoms with van der Waals surface area (Å²) in [5.74, 6) is -0.856. The highest BCUT2D eigenvalue weighted by atomic mass is 79.9. The normalized spacial score (nSPS) is 18.1. The Bertz CT molecular complexity index is 1180. The van der Waals surface area contributed by atoms with Crippen LogP contribution in [0.15, 0.2) is 46.9 Å². The highest BCUT2D eigenvalue weighted by Gasteiger charge is 2.47. The molecule has 5 nitrogen and oxygen atoms in total. The Morgan fingerprint density at radius 2 is 1.81 bits per heavy atom. The van der Waals surface area contributed by atoms with Crippen molar-refractivity contribution in [3.63, 3.8) is 0 Å². The summed E-state index contributed by atoms with van der Waals surface area (Å²) in [7, 11) is 0. The molecule has 1 aromatic heterocycles. The first-order valence-electron chi connectivity index (χ1n) is 9.17. The van der Waals surface area contributed by atoms with Crippen LogP contribution in [-0.2, 0) is 0 Å². The number of fused-ring (bicyclic) bond motifs is 1. The number of nitrogens with one attached hydrogen (secondary N) is 2. The van der Waals surface area contributed by atoms with Crippen molar-refractivity contribution in [2.45, 2.75) is 24.7 Å². The fraction of sp³-hybridized carbons (Fsp3) is 0.200. The number of rotatable bonds is 3. The number of benzene rings is 2. The Morgan fingerprint density at radius 3 is 2.44 bits per heavy atom. The average Bonchev–Trinajstić information content (AvgIpc) is 3.06. The monoisotopic (exact) mass is 566 g/mol. The van der Waals surface area contributed by atoms with Gasteiger partial charge < -0.3 is 10.6 Å². The lowest BCUT2D eigenvalue weighted by Gasteiger charge is -2.33. The summed E-state index contributed by atoms with van der Waals surface area (Å²) in [5, 5.41) is 9.70. The van der Waals surface area contributed by atoms with Gasteiger partial charge in [0.25, 0.3) is 5.91 Å². The van der Waals surface area contributed by atoms with Gasteiger partial charge in [0.2, 0.25) is 0 Å². The molecule has 1 aliphatic rings. The lowest BCUT2D eigenvalue weighted by molar-refractivity contribution is -0.173. The van der Waals surface area contributed by atoms with Crippen LogP contribution in [0.1, 0.15) is 34.6 Å². The molecule has 2 atom stereocenters. The number of anilines is 2. The highest BCUT2D eigenvalue weighted by molar-refractivity contribution is 9.10. The molecule has 4 rings (SSSR count). The lowest BCUT2D eigenvalue weighted by atomic mass is 9.97. The third-order valence-corrected chi connectivity index (χ3v) is 6.59. The first kappa shape index (κ1) is 23.2. The summed E-state index contributed by atoms with van der Waals surface area (Å²) in [6, 6.07) is 8.65. The van der Waals surface area contributed by atoms with Gasteiger partial charge in [-0.1, -0.05) is 62.9 Å². The van der Waals surface area contributed by atoms with E-state index in [9.17, 15) is 18.0 Å². The summed E-state index contributed by atoms with van der Waals surface area (Å²) >= 11 is 21.4. The molecule has 0 spiro atoms. The van der Waals surface area contributed by atoms with Gasteiger partial charge >= 0.3 is 6.18 Å². The predicted octanol–water partition coefficient (Wildman–Crippen LogP) is 7.52. The second-order valence-electron chi connectivity index (χ2n) is 7.08. The van der Waals surface area contributed by atoms with Crippen LogP contribution in [0, 0.1) is 0 Å². The largest absolute Gasteiger partial charge is 0.410 e. The maximum absolute atomic E-state index is 13.9. The number of hydrogen-bond donors (Lipinski definition) is 2. The number of halogens is 7. The van der Waals surface area contributed by atoms with Gasteiger partial charge in [0.15, 0.2) is 11.7 Å². The van der Waals surface area contributed by atoms with E-state index in [0.717, 1.165) is 9.15 Å². The van der Waals surface area contributed by atoms with Crippen LogP contribution in [0.4, 0.5) is 24.7 Å². The fourth-order valence-corrected chi connectivity index (χ4v) is 4.24.